The smallest absolute Gasteiger partial charge is 0.287 e. The fourth-order valence-corrected chi connectivity index (χ4v) is 1.66. The van der Waals surface area contributed by atoms with E-state index < -0.39 is 12.0 Å². The minimum atomic E-state index is -2.98. The minimum absolute atomic E-state index is 0.0267. The first-order valence-electron chi connectivity index (χ1n) is 5.14. The van der Waals surface area contributed by atoms with Gasteiger partial charge in [-0.3, -0.25) is 0 Å². The van der Waals surface area contributed by atoms with E-state index in [9.17, 15) is 8.78 Å². The topological polar surface area (TPSA) is 26.0 Å². The molecule has 1 unspecified atom stereocenters. The van der Waals surface area contributed by atoms with Gasteiger partial charge in [0.25, 0.3) is 5.92 Å². The van der Waals surface area contributed by atoms with Crippen molar-refractivity contribution < 1.29 is 8.78 Å². The number of hydrogen-bond acceptors (Lipinski definition) is 1. The molecule has 2 rings (SSSR count). The Kier molecular flexibility index (Phi) is 2.64. The highest BCUT2D eigenvalue weighted by atomic mass is 19.3. The Hall–Kier alpha value is -1.48. The molecule has 16 heavy (non-hydrogen) atoms. The van der Waals surface area contributed by atoms with Crippen molar-refractivity contribution in [2.75, 3.05) is 0 Å². The lowest BCUT2D eigenvalue weighted by atomic mass is 9.99. The summed E-state index contributed by atoms with van der Waals surface area (Å²) in [5.41, 5.74) is 5.27. The van der Waals surface area contributed by atoms with Crippen molar-refractivity contribution in [2.24, 2.45) is 5.73 Å². The van der Waals surface area contributed by atoms with Gasteiger partial charge >= 0.3 is 0 Å². The molecule has 1 atom stereocenters. The van der Waals surface area contributed by atoms with E-state index in [1.807, 2.05) is 24.3 Å². The molecule has 0 aliphatic heterocycles. The Bertz CT molecular complexity index is 506. The molecule has 1 nitrogen and oxygen atoms in total. The Morgan fingerprint density at radius 2 is 1.69 bits per heavy atom. The van der Waals surface area contributed by atoms with Crippen molar-refractivity contribution in [1.82, 2.24) is 0 Å². The third kappa shape index (κ3) is 1.78. The summed E-state index contributed by atoms with van der Waals surface area (Å²) in [5, 5.41) is 1.76. The van der Waals surface area contributed by atoms with Gasteiger partial charge < -0.3 is 5.73 Å². The SMILES string of the molecule is CC(N)C(F)(F)c1ccc2ccccc2c1. The van der Waals surface area contributed by atoms with Crippen LogP contribution in [0.5, 0.6) is 0 Å². The molecule has 2 aromatic carbocycles. The molecule has 0 aliphatic carbocycles. The second-order valence-electron chi connectivity index (χ2n) is 3.97. The van der Waals surface area contributed by atoms with Crippen LogP contribution in [-0.2, 0) is 5.92 Å². The van der Waals surface area contributed by atoms with Gasteiger partial charge in [-0.25, -0.2) is 0 Å². The van der Waals surface area contributed by atoms with Gasteiger partial charge in [0.05, 0.1) is 6.04 Å². The van der Waals surface area contributed by atoms with E-state index >= 15 is 0 Å². The fraction of sp³-hybridized carbons (Fsp3) is 0.231. The predicted molar refractivity (Wildman–Crippen MR) is 61.5 cm³/mol. The van der Waals surface area contributed by atoms with E-state index in [2.05, 4.69) is 0 Å². The molecule has 0 amide bonds. The van der Waals surface area contributed by atoms with Gasteiger partial charge in [-0.05, 0) is 23.8 Å². The maximum atomic E-state index is 13.7. The maximum Gasteiger partial charge on any atom is 0.287 e. The first kappa shape index (κ1) is 11.0. The average molecular weight is 221 g/mol. The highest BCUT2D eigenvalue weighted by Gasteiger charge is 2.36. The van der Waals surface area contributed by atoms with Crippen molar-refractivity contribution in [3.05, 3.63) is 48.0 Å². The van der Waals surface area contributed by atoms with Crippen LogP contribution in [0.2, 0.25) is 0 Å². The minimum Gasteiger partial charge on any atom is -0.323 e. The Morgan fingerprint density at radius 3 is 2.31 bits per heavy atom. The molecule has 0 saturated heterocycles. The quantitative estimate of drug-likeness (QED) is 0.827. The highest BCUT2D eigenvalue weighted by molar-refractivity contribution is 5.83. The van der Waals surface area contributed by atoms with E-state index in [0.717, 1.165) is 10.8 Å². The predicted octanol–water partition coefficient (Wildman–Crippen LogP) is 3.28. The molecule has 3 heteroatoms. The molecule has 0 aromatic heterocycles. The fourth-order valence-electron chi connectivity index (χ4n) is 1.66. The number of hydrogen-bond donors (Lipinski definition) is 1. The van der Waals surface area contributed by atoms with Crippen LogP contribution < -0.4 is 5.73 Å². The van der Waals surface area contributed by atoms with Crippen LogP contribution in [0.3, 0.4) is 0 Å². The number of benzene rings is 2. The van der Waals surface area contributed by atoms with Crippen LogP contribution in [0.1, 0.15) is 12.5 Å². The maximum absolute atomic E-state index is 13.7. The Balaban J connectivity index is 2.55. The van der Waals surface area contributed by atoms with E-state index in [1.165, 1.54) is 19.1 Å². The zero-order valence-corrected chi connectivity index (χ0v) is 8.95. The summed E-state index contributed by atoms with van der Waals surface area (Å²) in [5.74, 6) is -2.98. The van der Waals surface area contributed by atoms with Crippen LogP contribution in [0.15, 0.2) is 42.5 Å². The van der Waals surface area contributed by atoms with Crippen molar-refractivity contribution in [2.45, 2.75) is 18.9 Å². The van der Waals surface area contributed by atoms with Gasteiger partial charge in [-0.1, -0.05) is 36.4 Å². The second kappa shape index (κ2) is 3.83. The Morgan fingerprint density at radius 1 is 1.06 bits per heavy atom. The van der Waals surface area contributed by atoms with Crippen molar-refractivity contribution in [1.29, 1.82) is 0 Å². The lowest BCUT2D eigenvalue weighted by Crippen LogP contribution is -2.35. The first-order chi connectivity index (χ1) is 7.51. The second-order valence-corrected chi connectivity index (χ2v) is 3.97. The molecule has 0 radical (unpaired) electrons. The normalized spacial score (nSPS) is 14.0. The van der Waals surface area contributed by atoms with Crippen LogP contribution in [0.25, 0.3) is 10.8 Å². The third-order valence-electron chi connectivity index (χ3n) is 2.71. The summed E-state index contributed by atoms with van der Waals surface area (Å²) in [6, 6.07) is 10.9. The van der Waals surface area contributed by atoms with Gasteiger partial charge in [-0.15, -0.1) is 0 Å². The number of nitrogens with two attached hydrogens (primary N) is 1. The largest absolute Gasteiger partial charge is 0.323 e. The average Bonchev–Trinajstić information content (AvgIpc) is 2.28. The molecule has 2 N–H and O–H groups in total. The van der Waals surface area contributed by atoms with E-state index in [0.29, 0.717) is 0 Å². The summed E-state index contributed by atoms with van der Waals surface area (Å²) in [7, 11) is 0. The zero-order valence-electron chi connectivity index (χ0n) is 8.95. The summed E-state index contributed by atoms with van der Waals surface area (Å²) in [6.07, 6.45) is 0. The summed E-state index contributed by atoms with van der Waals surface area (Å²) < 4.78 is 27.4. The molecule has 0 fully saturated rings. The van der Waals surface area contributed by atoms with Gasteiger partial charge in [0, 0.05) is 5.56 Å². The lowest BCUT2D eigenvalue weighted by molar-refractivity contribution is -0.0255. The van der Waals surface area contributed by atoms with E-state index in [-0.39, 0.29) is 5.56 Å². The van der Waals surface area contributed by atoms with Gasteiger partial charge in [-0.2, -0.15) is 8.78 Å². The number of halogens is 2. The number of rotatable bonds is 2. The standard InChI is InChI=1S/C13H13F2N/c1-9(16)13(14,15)12-7-6-10-4-2-3-5-11(10)8-12/h2-9H,16H2,1H3. The van der Waals surface area contributed by atoms with Crippen LogP contribution in [0, 0.1) is 0 Å². The van der Waals surface area contributed by atoms with Crippen LogP contribution in [0.4, 0.5) is 8.78 Å². The lowest BCUT2D eigenvalue weighted by Gasteiger charge is -2.20. The molecule has 0 spiro atoms. The molecule has 0 aliphatic rings. The highest BCUT2D eigenvalue weighted by Crippen LogP contribution is 2.32. The zero-order chi connectivity index (χ0) is 11.8. The van der Waals surface area contributed by atoms with Crippen molar-refractivity contribution in [3.63, 3.8) is 0 Å². The van der Waals surface area contributed by atoms with Gasteiger partial charge in [0.15, 0.2) is 0 Å². The van der Waals surface area contributed by atoms with Crippen LogP contribution >= 0.6 is 0 Å². The summed E-state index contributed by atoms with van der Waals surface area (Å²) in [6.45, 7) is 1.31. The molecule has 84 valence electrons. The monoisotopic (exact) mass is 221 g/mol. The summed E-state index contributed by atoms with van der Waals surface area (Å²) >= 11 is 0. The number of fused-ring (bicyclic) bond motifs is 1. The molecule has 0 heterocycles. The molecule has 0 bridgehead atoms. The van der Waals surface area contributed by atoms with Crippen LogP contribution in [-0.4, -0.2) is 6.04 Å². The molecule has 0 saturated carbocycles. The third-order valence-corrected chi connectivity index (χ3v) is 2.71. The molecule has 2 aromatic rings. The molecular formula is C13H13F2N. The van der Waals surface area contributed by atoms with Gasteiger partial charge in [0.2, 0.25) is 0 Å². The van der Waals surface area contributed by atoms with E-state index in [4.69, 9.17) is 5.73 Å². The Labute approximate surface area is 92.9 Å². The van der Waals surface area contributed by atoms with Crippen molar-refractivity contribution >= 4 is 10.8 Å². The number of alkyl halides is 2. The van der Waals surface area contributed by atoms with Gasteiger partial charge in [0.1, 0.15) is 0 Å². The van der Waals surface area contributed by atoms with Crippen molar-refractivity contribution in [3.8, 4) is 0 Å². The molecular weight excluding hydrogens is 208 g/mol. The summed E-state index contributed by atoms with van der Waals surface area (Å²) in [4.78, 5) is 0. The first-order valence-corrected chi connectivity index (χ1v) is 5.14. The van der Waals surface area contributed by atoms with E-state index in [1.54, 1.807) is 6.07 Å².